The van der Waals surface area contributed by atoms with Gasteiger partial charge in [0.2, 0.25) is 0 Å². The van der Waals surface area contributed by atoms with E-state index in [0.29, 0.717) is 13.0 Å². The summed E-state index contributed by atoms with van der Waals surface area (Å²) in [5.41, 5.74) is 0.339. The lowest BCUT2D eigenvalue weighted by Crippen LogP contribution is -2.50. The number of esters is 1. The van der Waals surface area contributed by atoms with E-state index in [9.17, 15) is 15.0 Å². The molecule has 1 saturated heterocycles. The molecule has 0 amide bonds. The van der Waals surface area contributed by atoms with Crippen molar-refractivity contribution in [2.45, 2.75) is 72.2 Å². The summed E-state index contributed by atoms with van der Waals surface area (Å²) in [6.07, 6.45) is -2.20. The number of carbonyl (C=O) groups excluding carboxylic acids is 1. The first-order valence-corrected chi connectivity index (χ1v) is 10.5. The van der Waals surface area contributed by atoms with Crippen LogP contribution >= 0.6 is 0 Å². The van der Waals surface area contributed by atoms with Crippen molar-refractivity contribution in [1.29, 1.82) is 0 Å². The molecule has 6 atom stereocenters. The summed E-state index contributed by atoms with van der Waals surface area (Å²) in [4.78, 5) is 12.2. The topological polar surface area (TPSA) is 94.5 Å². The normalized spacial score (nSPS) is 28.1. The van der Waals surface area contributed by atoms with Gasteiger partial charge < -0.3 is 29.2 Å². The van der Waals surface area contributed by atoms with Crippen LogP contribution in [-0.2, 0) is 25.6 Å². The molecule has 30 heavy (non-hydrogen) atoms. The summed E-state index contributed by atoms with van der Waals surface area (Å²) in [5, 5.41) is 20.5. The van der Waals surface area contributed by atoms with Gasteiger partial charge in [0, 0.05) is 18.3 Å². The first-order chi connectivity index (χ1) is 14.0. The third-order valence-corrected chi connectivity index (χ3v) is 5.58. The van der Waals surface area contributed by atoms with Gasteiger partial charge in [-0.2, -0.15) is 0 Å². The molecular weight excluding hydrogens is 388 g/mol. The molecular formula is C23H36O7. The van der Waals surface area contributed by atoms with E-state index in [-0.39, 0.29) is 24.4 Å². The molecule has 0 saturated carbocycles. The number of hydrogen-bond acceptors (Lipinski definition) is 7. The average molecular weight is 425 g/mol. The second kappa shape index (κ2) is 10.6. The van der Waals surface area contributed by atoms with Gasteiger partial charge in [0.05, 0.1) is 37.4 Å². The van der Waals surface area contributed by atoms with E-state index >= 15 is 0 Å². The number of rotatable bonds is 8. The Morgan fingerprint density at radius 1 is 1.13 bits per heavy atom. The highest BCUT2D eigenvalue weighted by Gasteiger charge is 2.41. The van der Waals surface area contributed by atoms with Crippen molar-refractivity contribution in [2.24, 2.45) is 17.3 Å². The van der Waals surface area contributed by atoms with E-state index in [4.69, 9.17) is 18.9 Å². The predicted octanol–water partition coefficient (Wildman–Crippen LogP) is 2.91. The van der Waals surface area contributed by atoms with Gasteiger partial charge in [0.1, 0.15) is 12.4 Å². The molecule has 1 heterocycles. The summed E-state index contributed by atoms with van der Waals surface area (Å²) in [7, 11) is 1.61. The van der Waals surface area contributed by atoms with Gasteiger partial charge in [-0.3, -0.25) is 4.79 Å². The number of methoxy groups -OCH3 is 1. The first-order valence-electron chi connectivity index (χ1n) is 10.5. The number of aliphatic hydroxyl groups excluding tert-OH is 2. The maximum atomic E-state index is 12.2. The molecule has 1 unspecified atom stereocenters. The molecule has 1 aromatic rings. The van der Waals surface area contributed by atoms with Gasteiger partial charge in [0.25, 0.3) is 0 Å². The third-order valence-electron chi connectivity index (χ3n) is 5.58. The molecule has 0 aliphatic carbocycles. The fourth-order valence-corrected chi connectivity index (χ4v) is 3.33. The highest BCUT2D eigenvalue weighted by molar-refractivity contribution is 5.75. The quantitative estimate of drug-likeness (QED) is 0.620. The van der Waals surface area contributed by atoms with E-state index in [2.05, 4.69) is 0 Å². The lowest BCUT2D eigenvalue weighted by Gasteiger charge is -2.41. The van der Waals surface area contributed by atoms with Crippen molar-refractivity contribution in [3.05, 3.63) is 29.8 Å². The largest absolute Gasteiger partial charge is 0.497 e. The van der Waals surface area contributed by atoms with E-state index in [1.165, 1.54) is 0 Å². The average Bonchev–Trinajstić information content (AvgIpc) is 2.71. The standard InChI is InChI=1S/C23H36O7/c1-14-19(30-21(25)15(2)20(14)24)11-18(13-29-22(26)23(3,4)5)28-12-16-7-9-17(27-6)10-8-16/h7-10,14-15,18-21,24-25H,11-13H2,1-6H3/t14-,15+,18-,19-,20-,21?/m1/s1. The van der Waals surface area contributed by atoms with Crippen molar-refractivity contribution in [3.8, 4) is 5.75 Å². The van der Waals surface area contributed by atoms with E-state index in [1.807, 2.05) is 31.2 Å². The molecule has 0 bridgehead atoms. The fraction of sp³-hybridized carbons (Fsp3) is 0.696. The molecule has 7 heteroatoms. The number of hydrogen-bond donors (Lipinski definition) is 2. The van der Waals surface area contributed by atoms with Gasteiger partial charge in [0.15, 0.2) is 6.29 Å². The van der Waals surface area contributed by atoms with Crippen LogP contribution in [0.5, 0.6) is 5.75 Å². The summed E-state index contributed by atoms with van der Waals surface area (Å²) >= 11 is 0. The molecule has 0 spiro atoms. The number of ether oxygens (including phenoxy) is 4. The second-order valence-electron chi connectivity index (χ2n) is 9.14. The minimum atomic E-state index is -1.04. The van der Waals surface area contributed by atoms with Gasteiger partial charge in [-0.25, -0.2) is 0 Å². The van der Waals surface area contributed by atoms with Crippen LogP contribution in [-0.4, -0.2) is 54.5 Å². The van der Waals surface area contributed by atoms with E-state index in [0.717, 1.165) is 11.3 Å². The Balaban J connectivity index is 2.04. The summed E-state index contributed by atoms with van der Waals surface area (Å²) in [6, 6.07) is 7.53. The lowest BCUT2D eigenvalue weighted by atomic mass is 9.84. The molecule has 1 aromatic carbocycles. The Hall–Kier alpha value is -1.67. The van der Waals surface area contributed by atoms with Gasteiger partial charge in [-0.15, -0.1) is 0 Å². The highest BCUT2D eigenvalue weighted by atomic mass is 16.6. The Labute approximate surface area is 179 Å². The molecule has 7 nitrogen and oxygen atoms in total. The number of aliphatic hydroxyl groups is 2. The van der Waals surface area contributed by atoms with Crippen LogP contribution in [0.3, 0.4) is 0 Å². The molecule has 1 aliphatic heterocycles. The van der Waals surface area contributed by atoms with Crippen LogP contribution in [0.25, 0.3) is 0 Å². The Morgan fingerprint density at radius 2 is 1.77 bits per heavy atom. The molecule has 2 rings (SSSR count). The molecule has 170 valence electrons. The zero-order valence-electron chi connectivity index (χ0n) is 18.8. The van der Waals surface area contributed by atoms with Crippen LogP contribution in [0.1, 0.15) is 46.6 Å². The third kappa shape index (κ3) is 6.67. The van der Waals surface area contributed by atoms with Crippen molar-refractivity contribution < 1.29 is 34.0 Å². The van der Waals surface area contributed by atoms with Crippen molar-refractivity contribution in [3.63, 3.8) is 0 Å². The van der Waals surface area contributed by atoms with Crippen LogP contribution in [0.4, 0.5) is 0 Å². The van der Waals surface area contributed by atoms with Gasteiger partial charge in [-0.05, 0) is 38.5 Å². The zero-order valence-corrected chi connectivity index (χ0v) is 18.8. The van der Waals surface area contributed by atoms with Crippen molar-refractivity contribution >= 4 is 5.97 Å². The predicted molar refractivity (Wildman–Crippen MR) is 112 cm³/mol. The summed E-state index contributed by atoms with van der Waals surface area (Å²) < 4.78 is 22.4. The first kappa shape index (κ1) is 24.6. The number of carbonyl (C=O) groups is 1. The molecule has 1 aliphatic rings. The van der Waals surface area contributed by atoms with Crippen LogP contribution in [0.15, 0.2) is 24.3 Å². The molecule has 1 fully saturated rings. The maximum absolute atomic E-state index is 12.2. The molecule has 0 aromatic heterocycles. The fourth-order valence-electron chi connectivity index (χ4n) is 3.33. The van der Waals surface area contributed by atoms with Gasteiger partial charge >= 0.3 is 5.97 Å². The number of benzene rings is 1. The Kier molecular flexibility index (Phi) is 8.67. The smallest absolute Gasteiger partial charge is 0.311 e. The monoisotopic (exact) mass is 424 g/mol. The van der Waals surface area contributed by atoms with Gasteiger partial charge in [-0.1, -0.05) is 26.0 Å². The van der Waals surface area contributed by atoms with E-state index in [1.54, 1.807) is 34.8 Å². The summed E-state index contributed by atoms with van der Waals surface area (Å²) in [5.74, 6) is -0.106. The van der Waals surface area contributed by atoms with Crippen molar-refractivity contribution in [2.75, 3.05) is 13.7 Å². The molecule has 2 N–H and O–H groups in total. The second-order valence-corrected chi connectivity index (χ2v) is 9.14. The van der Waals surface area contributed by atoms with E-state index < -0.39 is 30.0 Å². The van der Waals surface area contributed by atoms with Crippen LogP contribution in [0.2, 0.25) is 0 Å². The Bertz CT molecular complexity index is 667. The lowest BCUT2D eigenvalue weighted by molar-refractivity contribution is -0.248. The Morgan fingerprint density at radius 3 is 2.33 bits per heavy atom. The minimum Gasteiger partial charge on any atom is -0.497 e. The highest BCUT2D eigenvalue weighted by Crippen LogP contribution is 2.32. The minimum absolute atomic E-state index is 0.0700. The van der Waals surface area contributed by atoms with Crippen LogP contribution < -0.4 is 4.74 Å². The van der Waals surface area contributed by atoms with Crippen LogP contribution in [0, 0.1) is 17.3 Å². The SMILES string of the molecule is COc1ccc(CO[C@@H](COC(=O)C(C)(C)C)C[C@H]2OC(O)[C@@H](C)[C@H](O)[C@@H]2C)cc1. The summed E-state index contributed by atoms with van der Waals surface area (Å²) in [6.45, 7) is 9.42. The van der Waals surface area contributed by atoms with Crippen molar-refractivity contribution in [1.82, 2.24) is 0 Å². The molecule has 0 radical (unpaired) electrons. The maximum Gasteiger partial charge on any atom is 0.311 e. The zero-order chi connectivity index (χ0) is 22.5.